The van der Waals surface area contributed by atoms with Crippen LogP contribution in [0.15, 0.2) is 18.2 Å². The molecule has 0 radical (unpaired) electrons. The van der Waals surface area contributed by atoms with Crippen molar-refractivity contribution in [3.8, 4) is 0 Å². The van der Waals surface area contributed by atoms with Crippen LogP contribution >= 0.6 is 11.6 Å². The third kappa shape index (κ3) is 5.68. The van der Waals surface area contributed by atoms with Crippen LogP contribution in [0.4, 0.5) is 5.69 Å². The minimum Gasteiger partial charge on any atom is -0.381 e. The van der Waals surface area contributed by atoms with Gasteiger partial charge >= 0.3 is 0 Å². The van der Waals surface area contributed by atoms with Crippen molar-refractivity contribution in [1.82, 2.24) is 0 Å². The van der Waals surface area contributed by atoms with Crippen molar-refractivity contribution in [1.29, 1.82) is 0 Å². The molecule has 0 bridgehead atoms. The van der Waals surface area contributed by atoms with Crippen molar-refractivity contribution >= 4 is 23.2 Å². The number of carbonyl (C=O) groups excluding carboxylic acids is 1. The standard InChI is InChI=1S/C17H26ClNO2/c1-4-11-21-12-10-15(18)17(20)19-16-13(5-2)8-7-9-14(16)6-3/h7-9,15H,4-6,10-12H2,1-3H3,(H,19,20). The second-order valence-corrected chi connectivity index (χ2v) is 5.54. The summed E-state index contributed by atoms with van der Waals surface area (Å²) in [5.41, 5.74) is 3.22. The van der Waals surface area contributed by atoms with Gasteiger partial charge in [-0.05, 0) is 36.8 Å². The first-order valence-corrected chi connectivity index (χ1v) is 8.21. The summed E-state index contributed by atoms with van der Waals surface area (Å²) in [6, 6.07) is 6.12. The molecule has 0 aliphatic rings. The van der Waals surface area contributed by atoms with Gasteiger partial charge in [-0.2, -0.15) is 0 Å². The van der Waals surface area contributed by atoms with Crippen molar-refractivity contribution in [3.63, 3.8) is 0 Å². The van der Waals surface area contributed by atoms with E-state index in [0.717, 1.165) is 36.1 Å². The van der Waals surface area contributed by atoms with E-state index >= 15 is 0 Å². The quantitative estimate of drug-likeness (QED) is 0.549. The number of carbonyl (C=O) groups is 1. The van der Waals surface area contributed by atoms with Crippen LogP contribution in [0.1, 0.15) is 44.7 Å². The van der Waals surface area contributed by atoms with E-state index in [-0.39, 0.29) is 5.91 Å². The van der Waals surface area contributed by atoms with Gasteiger partial charge in [-0.3, -0.25) is 4.79 Å². The molecule has 1 aromatic carbocycles. The molecule has 0 aliphatic carbocycles. The summed E-state index contributed by atoms with van der Waals surface area (Å²) in [6.45, 7) is 7.45. The fourth-order valence-electron chi connectivity index (χ4n) is 2.17. The molecule has 0 saturated heterocycles. The van der Waals surface area contributed by atoms with Crippen LogP contribution in [0.5, 0.6) is 0 Å². The minimum absolute atomic E-state index is 0.146. The van der Waals surface area contributed by atoms with Gasteiger partial charge in [-0.15, -0.1) is 11.6 Å². The summed E-state index contributed by atoms with van der Waals surface area (Å²) in [4.78, 5) is 12.2. The first-order chi connectivity index (χ1) is 10.1. The van der Waals surface area contributed by atoms with Crippen molar-refractivity contribution < 1.29 is 9.53 Å². The molecule has 0 spiro atoms. The fourth-order valence-corrected chi connectivity index (χ4v) is 2.31. The Hall–Kier alpha value is -1.06. The molecular formula is C17H26ClNO2. The molecule has 1 atom stereocenters. The molecule has 118 valence electrons. The Morgan fingerprint density at radius 2 is 1.81 bits per heavy atom. The zero-order valence-electron chi connectivity index (χ0n) is 13.2. The summed E-state index contributed by atoms with van der Waals surface area (Å²) in [5.74, 6) is -0.146. The molecular weight excluding hydrogens is 286 g/mol. The number of anilines is 1. The molecule has 1 N–H and O–H groups in total. The second-order valence-electron chi connectivity index (χ2n) is 5.02. The Bertz CT molecular complexity index is 426. The smallest absolute Gasteiger partial charge is 0.242 e. The molecule has 1 unspecified atom stereocenters. The van der Waals surface area contributed by atoms with Gasteiger partial charge in [0.15, 0.2) is 0 Å². The number of hydrogen-bond donors (Lipinski definition) is 1. The van der Waals surface area contributed by atoms with Crippen molar-refractivity contribution in [2.45, 2.75) is 51.8 Å². The molecule has 0 aliphatic heterocycles. The van der Waals surface area contributed by atoms with Crippen molar-refractivity contribution in [2.75, 3.05) is 18.5 Å². The second kappa shape index (κ2) is 9.80. The molecule has 0 saturated carbocycles. The fraction of sp³-hybridized carbons (Fsp3) is 0.588. The van der Waals surface area contributed by atoms with Gasteiger partial charge in [0.25, 0.3) is 0 Å². The lowest BCUT2D eigenvalue weighted by Crippen LogP contribution is -2.25. The molecule has 0 heterocycles. The Morgan fingerprint density at radius 3 is 2.33 bits per heavy atom. The van der Waals surface area contributed by atoms with Crippen molar-refractivity contribution in [3.05, 3.63) is 29.3 Å². The summed E-state index contributed by atoms with van der Waals surface area (Å²) < 4.78 is 5.38. The zero-order chi connectivity index (χ0) is 15.7. The molecule has 3 nitrogen and oxygen atoms in total. The van der Waals surface area contributed by atoms with Gasteiger partial charge in [0.1, 0.15) is 5.38 Å². The van der Waals surface area contributed by atoms with E-state index in [0.29, 0.717) is 19.6 Å². The van der Waals surface area contributed by atoms with Gasteiger partial charge < -0.3 is 10.1 Å². The topological polar surface area (TPSA) is 38.3 Å². The maximum atomic E-state index is 12.2. The number of amides is 1. The lowest BCUT2D eigenvalue weighted by Gasteiger charge is -2.16. The first kappa shape index (κ1) is 18.0. The first-order valence-electron chi connectivity index (χ1n) is 7.77. The highest BCUT2D eigenvalue weighted by Crippen LogP contribution is 2.23. The minimum atomic E-state index is -0.559. The lowest BCUT2D eigenvalue weighted by molar-refractivity contribution is -0.116. The predicted octanol–water partition coefficient (Wildman–Crippen LogP) is 4.17. The van der Waals surface area contributed by atoms with Crippen LogP contribution in [-0.2, 0) is 22.4 Å². The van der Waals surface area contributed by atoms with E-state index in [1.165, 1.54) is 0 Å². The zero-order valence-corrected chi connectivity index (χ0v) is 14.0. The maximum Gasteiger partial charge on any atom is 0.242 e. The maximum absolute atomic E-state index is 12.2. The van der Waals surface area contributed by atoms with Crippen molar-refractivity contribution in [2.24, 2.45) is 0 Å². The number of nitrogens with one attached hydrogen (secondary N) is 1. The number of para-hydroxylation sites is 1. The van der Waals surface area contributed by atoms with Crippen LogP contribution in [0.3, 0.4) is 0 Å². The van der Waals surface area contributed by atoms with E-state index in [9.17, 15) is 4.79 Å². The molecule has 4 heteroatoms. The van der Waals surface area contributed by atoms with Crippen LogP contribution in [0, 0.1) is 0 Å². The Kier molecular flexibility index (Phi) is 8.40. The SMILES string of the molecule is CCCOCCC(Cl)C(=O)Nc1c(CC)cccc1CC. The van der Waals surface area contributed by atoms with E-state index in [4.69, 9.17) is 16.3 Å². The van der Waals surface area contributed by atoms with Crippen LogP contribution in [0.2, 0.25) is 0 Å². The van der Waals surface area contributed by atoms with Gasteiger partial charge in [0.05, 0.1) is 0 Å². The monoisotopic (exact) mass is 311 g/mol. The molecule has 0 fully saturated rings. The van der Waals surface area contributed by atoms with Gasteiger partial charge in [0.2, 0.25) is 5.91 Å². The van der Waals surface area contributed by atoms with E-state index in [1.807, 2.05) is 18.2 Å². The molecule has 1 rings (SSSR count). The highest BCUT2D eigenvalue weighted by atomic mass is 35.5. The molecule has 1 amide bonds. The summed E-state index contributed by atoms with van der Waals surface area (Å²) in [6.07, 6.45) is 3.28. The summed E-state index contributed by atoms with van der Waals surface area (Å²) >= 11 is 6.16. The lowest BCUT2D eigenvalue weighted by atomic mass is 10.0. The summed E-state index contributed by atoms with van der Waals surface area (Å²) in [5, 5.41) is 2.44. The highest BCUT2D eigenvalue weighted by molar-refractivity contribution is 6.32. The van der Waals surface area contributed by atoms with E-state index < -0.39 is 5.38 Å². The predicted molar refractivity (Wildman–Crippen MR) is 89.2 cm³/mol. The van der Waals surface area contributed by atoms with Crippen LogP contribution in [-0.4, -0.2) is 24.5 Å². The third-order valence-electron chi connectivity index (χ3n) is 3.40. The molecule has 21 heavy (non-hydrogen) atoms. The molecule has 0 aromatic heterocycles. The average molecular weight is 312 g/mol. The van der Waals surface area contributed by atoms with Gasteiger partial charge in [0, 0.05) is 18.9 Å². The number of halogens is 1. The Labute approximate surface area is 133 Å². The van der Waals surface area contributed by atoms with E-state index in [2.05, 4.69) is 26.1 Å². The number of hydrogen-bond acceptors (Lipinski definition) is 2. The number of alkyl halides is 1. The number of benzene rings is 1. The van der Waals surface area contributed by atoms with E-state index in [1.54, 1.807) is 0 Å². The average Bonchev–Trinajstić information content (AvgIpc) is 2.51. The molecule has 1 aromatic rings. The normalized spacial score (nSPS) is 12.2. The van der Waals surface area contributed by atoms with Crippen LogP contribution in [0.25, 0.3) is 0 Å². The number of rotatable bonds is 9. The highest BCUT2D eigenvalue weighted by Gasteiger charge is 2.17. The van der Waals surface area contributed by atoms with Crippen LogP contribution < -0.4 is 5.32 Å². The van der Waals surface area contributed by atoms with Gasteiger partial charge in [-0.25, -0.2) is 0 Å². The Morgan fingerprint density at radius 1 is 1.19 bits per heavy atom. The Balaban J connectivity index is 2.65. The number of aryl methyl sites for hydroxylation is 2. The summed E-state index contributed by atoms with van der Waals surface area (Å²) in [7, 11) is 0. The third-order valence-corrected chi connectivity index (χ3v) is 3.81. The van der Waals surface area contributed by atoms with Gasteiger partial charge in [-0.1, -0.05) is 39.0 Å². The number of ether oxygens (including phenoxy) is 1. The largest absolute Gasteiger partial charge is 0.381 e.